The largest absolute Gasteiger partial charge is 0.368 e. The summed E-state index contributed by atoms with van der Waals surface area (Å²) in [6.45, 7) is 0. The van der Waals surface area contributed by atoms with Gasteiger partial charge < -0.3 is 11.1 Å². The van der Waals surface area contributed by atoms with Gasteiger partial charge >= 0.3 is 0 Å². The van der Waals surface area contributed by atoms with Crippen molar-refractivity contribution in [3.05, 3.63) is 35.9 Å². The van der Waals surface area contributed by atoms with E-state index in [4.69, 9.17) is 5.73 Å². The van der Waals surface area contributed by atoms with Crippen LogP contribution in [-0.4, -0.2) is 35.2 Å². The highest BCUT2D eigenvalue weighted by atomic mass is 32.2. The quantitative estimate of drug-likeness (QED) is 0.600. The fourth-order valence-electron chi connectivity index (χ4n) is 3.19. The van der Waals surface area contributed by atoms with Crippen molar-refractivity contribution in [2.75, 3.05) is 11.1 Å². The van der Waals surface area contributed by atoms with E-state index >= 15 is 0 Å². The van der Waals surface area contributed by atoms with Crippen molar-refractivity contribution in [2.45, 2.75) is 49.1 Å². The normalized spacial score (nSPS) is 14.9. The minimum Gasteiger partial charge on any atom is -0.368 e. The molecule has 1 aliphatic carbocycles. The molecule has 0 spiro atoms. The number of aromatic nitrogens is 7. The lowest BCUT2D eigenvalue weighted by Crippen LogP contribution is -2.15. The SMILES string of the molecule is Nc1nc(CSc2nnnn2C2CCCCC2)nc(Nc2ccc(F)cc2)n1. The molecule has 2 aromatic heterocycles. The van der Waals surface area contributed by atoms with Gasteiger partial charge in [0.05, 0.1) is 11.8 Å². The molecule has 0 amide bonds. The second kappa shape index (κ2) is 8.46. The fraction of sp³-hybridized carbons (Fsp3) is 0.412. The van der Waals surface area contributed by atoms with Crippen molar-refractivity contribution in [1.29, 1.82) is 0 Å². The van der Waals surface area contributed by atoms with Crippen LogP contribution in [0.3, 0.4) is 0 Å². The maximum atomic E-state index is 13.0. The Labute approximate surface area is 165 Å². The van der Waals surface area contributed by atoms with Gasteiger partial charge in [-0.25, -0.2) is 9.07 Å². The summed E-state index contributed by atoms with van der Waals surface area (Å²) in [4.78, 5) is 12.7. The smallest absolute Gasteiger partial charge is 0.232 e. The van der Waals surface area contributed by atoms with Gasteiger partial charge in [-0.2, -0.15) is 15.0 Å². The molecule has 9 nitrogen and oxygen atoms in total. The van der Waals surface area contributed by atoms with Crippen molar-refractivity contribution in [3.63, 3.8) is 0 Å². The first-order valence-corrected chi connectivity index (χ1v) is 10.1. The summed E-state index contributed by atoms with van der Waals surface area (Å²) in [6, 6.07) is 6.26. The molecule has 28 heavy (non-hydrogen) atoms. The van der Waals surface area contributed by atoms with Crippen molar-refractivity contribution in [1.82, 2.24) is 35.2 Å². The first-order valence-electron chi connectivity index (χ1n) is 9.11. The lowest BCUT2D eigenvalue weighted by Gasteiger charge is -2.21. The van der Waals surface area contributed by atoms with Crippen molar-refractivity contribution in [2.24, 2.45) is 0 Å². The van der Waals surface area contributed by atoms with Gasteiger partial charge in [-0.15, -0.1) is 5.10 Å². The number of nitrogens with one attached hydrogen (secondary N) is 1. The second-order valence-electron chi connectivity index (χ2n) is 6.55. The molecule has 2 heterocycles. The molecule has 3 N–H and O–H groups in total. The highest BCUT2D eigenvalue weighted by Gasteiger charge is 2.20. The Balaban J connectivity index is 1.45. The Morgan fingerprint density at radius 2 is 1.89 bits per heavy atom. The van der Waals surface area contributed by atoms with E-state index in [2.05, 4.69) is 35.8 Å². The van der Waals surface area contributed by atoms with Crippen LogP contribution in [0.4, 0.5) is 22.0 Å². The first-order chi connectivity index (χ1) is 13.7. The third kappa shape index (κ3) is 4.53. The first kappa shape index (κ1) is 18.5. The molecule has 1 aromatic carbocycles. The molecule has 3 aromatic rings. The highest BCUT2D eigenvalue weighted by Crippen LogP contribution is 2.31. The van der Waals surface area contributed by atoms with E-state index in [9.17, 15) is 4.39 Å². The number of nitrogens with zero attached hydrogens (tertiary/aromatic N) is 7. The topological polar surface area (TPSA) is 120 Å². The van der Waals surface area contributed by atoms with Gasteiger partial charge in [-0.1, -0.05) is 31.0 Å². The molecule has 11 heteroatoms. The van der Waals surface area contributed by atoms with Crippen molar-refractivity contribution < 1.29 is 4.39 Å². The number of hydrogen-bond acceptors (Lipinski definition) is 9. The van der Waals surface area contributed by atoms with Gasteiger partial charge in [0.1, 0.15) is 11.6 Å². The Morgan fingerprint density at radius 1 is 1.11 bits per heavy atom. The van der Waals surface area contributed by atoms with Crippen LogP contribution in [0.1, 0.15) is 44.0 Å². The predicted molar refractivity (Wildman–Crippen MR) is 103 cm³/mol. The zero-order valence-electron chi connectivity index (χ0n) is 15.1. The number of nitrogens with two attached hydrogens (primary N) is 1. The number of nitrogen functional groups attached to an aromatic ring is 1. The second-order valence-corrected chi connectivity index (χ2v) is 7.49. The van der Waals surface area contributed by atoms with E-state index in [0.29, 0.717) is 29.3 Å². The fourth-order valence-corrected chi connectivity index (χ4v) is 3.98. The standard InChI is InChI=1S/C17H20FN9S/c18-11-6-8-12(9-7-11)20-16-22-14(21-15(19)23-16)10-28-17-24-25-26-27(17)13-4-2-1-3-5-13/h6-9,13H,1-5,10H2,(H3,19,20,21,22,23). The van der Waals surface area contributed by atoms with Gasteiger partial charge in [-0.3, -0.25) is 0 Å². The molecule has 0 atom stereocenters. The van der Waals surface area contributed by atoms with E-state index in [-0.39, 0.29) is 11.8 Å². The van der Waals surface area contributed by atoms with Gasteiger partial charge in [0.15, 0.2) is 0 Å². The monoisotopic (exact) mass is 401 g/mol. The number of tetrazole rings is 1. The number of rotatable bonds is 6. The summed E-state index contributed by atoms with van der Waals surface area (Å²) in [5.74, 6) is 1.08. The molecule has 1 saturated carbocycles. The summed E-state index contributed by atoms with van der Waals surface area (Å²) < 4.78 is 15.0. The van der Waals surface area contributed by atoms with E-state index in [1.54, 1.807) is 12.1 Å². The zero-order valence-corrected chi connectivity index (χ0v) is 15.9. The number of thioether (sulfide) groups is 1. The number of hydrogen-bond donors (Lipinski definition) is 2. The van der Waals surface area contributed by atoms with Gasteiger partial charge in [0, 0.05) is 5.69 Å². The zero-order chi connectivity index (χ0) is 19.3. The molecule has 1 aliphatic rings. The molecule has 1 fully saturated rings. The van der Waals surface area contributed by atoms with Crippen molar-refractivity contribution in [3.8, 4) is 0 Å². The van der Waals surface area contributed by atoms with Crippen LogP contribution in [0.5, 0.6) is 0 Å². The molecule has 0 radical (unpaired) electrons. The number of anilines is 3. The third-order valence-electron chi connectivity index (χ3n) is 4.51. The van der Waals surface area contributed by atoms with E-state index in [0.717, 1.165) is 18.0 Å². The van der Waals surface area contributed by atoms with E-state index in [1.165, 1.54) is 43.2 Å². The summed E-state index contributed by atoms with van der Waals surface area (Å²) in [7, 11) is 0. The summed E-state index contributed by atoms with van der Waals surface area (Å²) in [6.07, 6.45) is 5.88. The maximum Gasteiger partial charge on any atom is 0.232 e. The van der Waals surface area contributed by atoms with E-state index in [1.807, 2.05) is 4.68 Å². The Morgan fingerprint density at radius 3 is 2.68 bits per heavy atom. The van der Waals surface area contributed by atoms with Crippen LogP contribution in [0.2, 0.25) is 0 Å². The Kier molecular flexibility index (Phi) is 5.60. The molecule has 4 rings (SSSR count). The Hall–Kier alpha value is -2.82. The van der Waals surface area contributed by atoms with Crippen LogP contribution in [-0.2, 0) is 5.75 Å². The highest BCUT2D eigenvalue weighted by molar-refractivity contribution is 7.98. The van der Waals surface area contributed by atoms with Crippen LogP contribution >= 0.6 is 11.8 Å². The summed E-state index contributed by atoms with van der Waals surface area (Å²) >= 11 is 1.47. The molecule has 0 unspecified atom stereocenters. The number of halogens is 1. The minimum absolute atomic E-state index is 0.113. The number of benzene rings is 1. The molecular formula is C17H20FN9S. The molecule has 146 valence electrons. The lowest BCUT2D eigenvalue weighted by molar-refractivity contribution is 0.307. The predicted octanol–water partition coefficient (Wildman–Crippen LogP) is 3.12. The third-order valence-corrected chi connectivity index (χ3v) is 5.44. The average Bonchev–Trinajstić information content (AvgIpc) is 3.17. The van der Waals surface area contributed by atoms with Crippen LogP contribution in [0.15, 0.2) is 29.4 Å². The van der Waals surface area contributed by atoms with Gasteiger partial charge in [0.25, 0.3) is 0 Å². The summed E-state index contributed by atoms with van der Waals surface area (Å²) in [5, 5.41) is 15.9. The van der Waals surface area contributed by atoms with Crippen LogP contribution in [0.25, 0.3) is 0 Å². The van der Waals surface area contributed by atoms with Crippen LogP contribution < -0.4 is 11.1 Å². The van der Waals surface area contributed by atoms with Crippen LogP contribution in [0, 0.1) is 5.82 Å². The molecule has 0 saturated heterocycles. The lowest BCUT2D eigenvalue weighted by atomic mass is 9.96. The molecular weight excluding hydrogens is 381 g/mol. The average molecular weight is 401 g/mol. The van der Waals surface area contributed by atoms with Crippen molar-refractivity contribution >= 4 is 29.3 Å². The molecule has 0 bridgehead atoms. The minimum atomic E-state index is -0.312. The van der Waals surface area contributed by atoms with Gasteiger partial charge in [-0.05, 0) is 47.5 Å². The Bertz CT molecular complexity index is 925. The summed E-state index contributed by atoms with van der Waals surface area (Å²) in [5.41, 5.74) is 6.48. The molecule has 0 aliphatic heterocycles. The maximum absolute atomic E-state index is 13.0. The van der Waals surface area contributed by atoms with Gasteiger partial charge in [0.2, 0.25) is 17.1 Å². The van der Waals surface area contributed by atoms with E-state index < -0.39 is 0 Å².